The molecule has 0 saturated carbocycles. The van der Waals surface area contributed by atoms with Crippen LogP contribution in [0.1, 0.15) is 5.56 Å². The lowest BCUT2D eigenvalue weighted by Gasteiger charge is -2.16. The van der Waals surface area contributed by atoms with Gasteiger partial charge in [-0.3, -0.25) is 0 Å². The van der Waals surface area contributed by atoms with E-state index in [1.54, 1.807) is 0 Å². The molecule has 0 bridgehead atoms. The second-order valence-corrected chi connectivity index (χ2v) is 3.47. The summed E-state index contributed by atoms with van der Waals surface area (Å²) >= 11 is 0. The summed E-state index contributed by atoms with van der Waals surface area (Å²) in [7, 11) is 0. The van der Waals surface area contributed by atoms with Gasteiger partial charge in [0, 0.05) is 0 Å². The van der Waals surface area contributed by atoms with E-state index in [0.717, 1.165) is 11.3 Å². The van der Waals surface area contributed by atoms with E-state index >= 15 is 0 Å². The molecule has 0 unspecified atom stereocenters. The van der Waals surface area contributed by atoms with Crippen LogP contribution in [0.25, 0.3) is 0 Å². The third kappa shape index (κ3) is 3.08. The number of nitrogens with zero attached hydrogens (tertiary/aromatic N) is 1. The third-order valence-electron chi connectivity index (χ3n) is 2.15. The van der Waals surface area contributed by atoms with Gasteiger partial charge < -0.3 is 4.84 Å². The molecule has 2 N–H and O–H groups in total. The van der Waals surface area contributed by atoms with Gasteiger partial charge >= 0.3 is 0 Å². The topological polar surface area (TPSA) is 38.5 Å². The Morgan fingerprint density at radius 1 is 0.875 bits per heavy atom. The zero-order chi connectivity index (χ0) is 11.2. The molecule has 82 valence electrons. The first-order valence-electron chi connectivity index (χ1n) is 5.14. The third-order valence-corrected chi connectivity index (χ3v) is 2.15. The highest BCUT2D eigenvalue weighted by Crippen LogP contribution is 2.10. The molecule has 0 radical (unpaired) electrons. The summed E-state index contributed by atoms with van der Waals surface area (Å²) in [6.45, 7) is 0.551. The molecule has 0 heterocycles. The van der Waals surface area contributed by atoms with Gasteiger partial charge in [0.15, 0.2) is 0 Å². The van der Waals surface area contributed by atoms with Gasteiger partial charge in [0.2, 0.25) is 0 Å². The van der Waals surface area contributed by atoms with E-state index in [1.807, 2.05) is 60.7 Å². The molecule has 16 heavy (non-hydrogen) atoms. The van der Waals surface area contributed by atoms with Gasteiger partial charge in [-0.15, -0.1) is 0 Å². The van der Waals surface area contributed by atoms with Crippen molar-refractivity contribution in [3.63, 3.8) is 0 Å². The van der Waals surface area contributed by atoms with E-state index in [4.69, 9.17) is 10.7 Å². The highest BCUT2D eigenvalue weighted by Gasteiger charge is 2.01. The van der Waals surface area contributed by atoms with Gasteiger partial charge in [-0.1, -0.05) is 53.7 Å². The summed E-state index contributed by atoms with van der Waals surface area (Å²) in [5, 5.41) is 1.32. The van der Waals surface area contributed by atoms with Crippen LogP contribution in [0.5, 0.6) is 5.75 Å². The lowest BCUT2D eigenvalue weighted by Crippen LogP contribution is -2.33. The number of hydrazine groups is 1. The summed E-state index contributed by atoms with van der Waals surface area (Å²) in [6.07, 6.45) is 0. The van der Waals surface area contributed by atoms with E-state index < -0.39 is 0 Å². The predicted octanol–water partition coefficient (Wildman–Crippen LogP) is 2.36. The Bertz CT molecular complexity index is 375. The quantitative estimate of drug-likeness (QED) is 0.627. The van der Waals surface area contributed by atoms with Crippen molar-refractivity contribution in [3.05, 3.63) is 66.2 Å². The maximum Gasteiger partial charge on any atom is 0.149 e. The van der Waals surface area contributed by atoms with Gasteiger partial charge in [0.25, 0.3) is 0 Å². The van der Waals surface area contributed by atoms with Crippen molar-refractivity contribution in [1.29, 1.82) is 0 Å². The van der Waals surface area contributed by atoms with Gasteiger partial charge in [-0.05, 0) is 17.7 Å². The highest BCUT2D eigenvalue weighted by atomic mass is 16.7. The Balaban J connectivity index is 1.92. The fourth-order valence-electron chi connectivity index (χ4n) is 1.41. The number of benzene rings is 2. The van der Waals surface area contributed by atoms with Crippen LogP contribution < -0.4 is 10.7 Å². The summed E-state index contributed by atoms with van der Waals surface area (Å²) in [6, 6.07) is 19.4. The number of para-hydroxylation sites is 1. The standard InChI is InChI=1S/C13H14N2O/c14-15(11-12-7-3-1-4-8-12)16-13-9-5-2-6-10-13/h1-10H,11,14H2. The molecule has 0 aliphatic heterocycles. The van der Waals surface area contributed by atoms with Crippen LogP contribution in [0.3, 0.4) is 0 Å². The van der Waals surface area contributed by atoms with E-state index in [1.165, 1.54) is 5.17 Å². The molecule has 0 aliphatic carbocycles. The summed E-state index contributed by atoms with van der Waals surface area (Å²) < 4.78 is 0. The zero-order valence-electron chi connectivity index (χ0n) is 8.91. The largest absolute Gasteiger partial charge is 0.391 e. The Hall–Kier alpha value is -1.84. The predicted molar refractivity (Wildman–Crippen MR) is 63.2 cm³/mol. The summed E-state index contributed by atoms with van der Waals surface area (Å²) in [4.78, 5) is 5.43. The normalized spacial score (nSPS) is 10.4. The molecule has 2 aromatic carbocycles. The number of nitrogens with two attached hydrogens (primary N) is 1. The van der Waals surface area contributed by atoms with Crippen LogP contribution >= 0.6 is 0 Å². The van der Waals surface area contributed by atoms with E-state index in [2.05, 4.69) is 0 Å². The Labute approximate surface area is 95.0 Å². The average molecular weight is 214 g/mol. The molecule has 0 fully saturated rings. The summed E-state index contributed by atoms with van der Waals surface area (Å²) in [5.41, 5.74) is 1.11. The number of hydrogen-bond donors (Lipinski definition) is 1. The first kappa shape index (κ1) is 10.7. The molecule has 0 atom stereocenters. The van der Waals surface area contributed by atoms with Crippen LogP contribution in [0.15, 0.2) is 60.7 Å². The van der Waals surface area contributed by atoms with Crippen molar-refractivity contribution < 1.29 is 4.84 Å². The molecular formula is C13H14N2O. The van der Waals surface area contributed by atoms with Crippen LogP contribution in [0.4, 0.5) is 0 Å². The van der Waals surface area contributed by atoms with Crippen LogP contribution in [-0.4, -0.2) is 5.17 Å². The van der Waals surface area contributed by atoms with Crippen molar-refractivity contribution in [3.8, 4) is 5.75 Å². The smallest absolute Gasteiger partial charge is 0.149 e. The lowest BCUT2D eigenvalue weighted by molar-refractivity contribution is -0.0691. The first-order valence-corrected chi connectivity index (χ1v) is 5.14. The first-order chi connectivity index (χ1) is 7.84. The van der Waals surface area contributed by atoms with Crippen molar-refractivity contribution in [1.82, 2.24) is 5.17 Å². The molecular weight excluding hydrogens is 200 g/mol. The van der Waals surface area contributed by atoms with Crippen LogP contribution in [0, 0.1) is 0 Å². The fourth-order valence-corrected chi connectivity index (χ4v) is 1.41. The Morgan fingerprint density at radius 2 is 1.44 bits per heavy atom. The minimum atomic E-state index is 0.551. The van der Waals surface area contributed by atoms with Crippen molar-refractivity contribution in [2.45, 2.75) is 6.54 Å². The van der Waals surface area contributed by atoms with Gasteiger partial charge in [0.05, 0.1) is 6.54 Å². The minimum absolute atomic E-state index is 0.551. The molecule has 0 aliphatic rings. The van der Waals surface area contributed by atoms with Gasteiger partial charge in [0.1, 0.15) is 5.75 Å². The summed E-state index contributed by atoms with van der Waals surface area (Å²) in [5.74, 6) is 6.49. The van der Waals surface area contributed by atoms with Crippen molar-refractivity contribution in [2.24, 2.45) is 5.84 Å². The lowest BCUT2D eigenvalue weighted by atomic mass is 10.2. The zero-order valence-corrected chi connectivity index (χ0v) is 8.91. The average Bonchev–Trinajstić information content (AvgIpc) is 2.31. The highest BCUT2D eigenvalue weighted by molar-refractivity contribution is 5.20. The SMILES string of the molecule is NN(Cc1ccccc1)Oc1ccccc1. The molecule has 0 spiro atoms. The fraction of sp³-hybridized carbons (Fsp3) is 0.0769. The molecule has 2 rings (SSSR count). The second-order valence-electron chi connectivity index (χ2n) is 3.47. The van der Waals surface area contributed by atoms with Gasteiger partial charge in [-0.2, -0.15) is 0 Å². The van der Waals surface area contributed by atoms with E-state index in [0.29, 0.717) is 6.54 Å². The van der Waals surface area contributed by atoms with Gasteiger partial charge in [-0.25, -0.2) is 5.84 Å². The van der Waals surface area contributed by atoms with E-state index in [9.17, 15) is 0 Å². The van der Waals surface area contributed by atoms with Crippen molar-refractivity contribution in [2.75, 3.05) is 0 Å². The van der Waals surface area contributed by atoms with Crippen LogP contribution in [0.2, 0.25) is 0 Å². The van der Waals surface area contributed by atoms with Crippen LogP contribution in [-0.2, 0) is 6.54 Å². The number of hydrogen-bond acceptors (Lipinski definition) is 3. The second kappa shape index (κ2) is 5.30. The van der Waals surface area contributed by atoms with Crippen molar-refractivity contribution >= 4 is 0 Å². The monoisotopic (exact) mass is 214 g/mol. The Morgan fingerprint density at radius 3 is 2.06 bits per heavy atom. The molecule has 3 heteroatoms. The maximum atomic E-state index is 5.75. The number of hydroxylamine groups is 1. The maximum absolute atomic E-state index is 5.75. The molecule has 0 saturated heterocycles. The minimum Gasteiger partial charge on any atom is -0.391 e. The Kier molecular flexibility index (Phi) is 3.53. The molecule has 3 nitrogen and oxygen atoms in total. The molecule has 0 amide bonds. The van der Waals surface area contributed by atoms with E-state index in [-0.39, 0.29) is 0 Å². The number of rotatable bonds is 4. The molecule has 2 aromatic rings. The molecule has 0 aromatic heterocycles.